The molecule has 2 N–H and O–H groups in total. The zero-order chi connectivity index (χ0) is 25.3. The van der Waals surface area contributed by atoms with Crippen LogP contribution in [0.4, 0.5) is 19.5 Å². The third-order valence-electron chi connectivity index (χ3n) is 4.35. The van der Waals surface area contributed by atoms with Crippen LogP contribution >= 0.6 is 0 Å². The average Bonchev–Trinajstić information content (AvgIpc) is 3.17. The quantitative estimate of drug-likeness (QED) is 0.599. The number of aromatic nitrogens is 3. The average molecular weight is 475 g/mol. The Morgan fingerprint density at radius 1 is 1.18 bits per heavy atom. The van der Waals surface area contributed by atoms with Crippen molar-refractivity contribution in [3.05, 3.63) is 47.8 Å². The molecular weight excluding hydrogens is 442 g/mol. The first-order valence-corrected chi connectivity index (χ1v) is 11.2. The molecule has 10 heteroatoms. The lowest BCUT2D eigenvalue weighted by Gasteiger charge is -2.20. The molecule has 0 spiro atoms. The van der Waals surface area contributed by atoms with Gasteiger partial charge in [0.1, 0.15) is 17.8 Å². The Morgan fingerprint density at radius 3 is 2.53 bits per heavy atom. The molecule has 2 heterocycles. The number of alkyl carbamates (subject to hydrolysis) is 1. The van der Waals surface area contributed by atoms with E-state index in [1.54, 1.807) is 39.0 Å². The number of halogens is 2. The molecule has 1 aromatic carbocycles. The van der Waals surface area contributed by atoms with Crippen LogP contribution in [0.15, 0.2) is 41.7 Å². The van der Waals surface area contributed by atoms with Crippen molar-refractivity contribution in [3.8, 4) is 11.4 Å². The molecule has 0 aliphatic carbocycles. The van der Waals surface area contributed by atoms with Crippen LogP contribution in [0.5, 0.6) is 0 Å². The molecular formula is C24H32F2N6O2. The van der Waals surface area contributed by atoms with Crippen molar-refractivity contribution in [1.82, 2.24) is 20.3 Å². The number of carbonyl (C=O) groups excluding carboxylic acids is 1. The van der Waals surface area contributed by atoms with Gasteiger partial charge in [0.25, 0.3) is 0 Å². The van der Waals surface area contributed by atoms with Gasteiger partial charge in [0, 0.05) is 18.5 Å². The van der Waals surface area contributed by atoms with E-state index in [2.05, 4.69) is 30.6 Å². The molecule has 1 unspecified atom stereocenters. The minimum atomic E-state index is -2.55. The standard InChI is InChI=1S/C22H26F2N6O2.C2H6/c1-13-5-8-18(28-13)29-20-27-12-26-19(30-20)14-6-7-15(16(9-14)10-17(23)24)11-25-21(31)32-22(2,3)4;1-2/h5-9,12-13,17H,10-11H2,1-4H3,(H,25,31)(H,26,27,28,29,30);1-2H3. The number of rotatable bonds is 6. The number of alkyl halides is 2. The number of amidine groups is 1. The molecule has 0 fully saturated rings. The molecule has 1 aromatic heterocycles. The van der Waals surface area contributed by atoms with E-state index in [4.69, 9.17) is 4.74 Å². The first kappa shape index (κ1) is 26.8. The molecule has 2 aromatic rings. The fraction of sp³-hybridized carbons (Fsp3) is 0.458. The van der Waals surface area contributed by atoms with Gasteiger partial charge in [-0.2, -0.15) is 4.98 Å². The molecule has 1 amide bonds. The number of carbonyl (C=O) groups is 1. The van der Waals surface area contributed by atoms with Gasteiger partial charge in [-0.15, -0.1) is 0 Å². The van der Waals surface area contributed by atoms with E-state index < -0.39 is 24.5 Å². The number of benzene rings is 1. The van der Waals surface area contributed by atoms with Gasteiger partial charge in [-0.05, 0) is 51.0 Å². The van der Waals surface area contributed by atoms with Crippen molar-refractivity contribution in [1.29, 1.82) is 0 Å². The van der Waals surface area contributed by atoms with E-state index in [0.717, 1.165) is 0 Å². The Hall–Kier alpha value is -3.43. The lowest BCUT2D eigenvalue weighted by Crippen LogP contribution is -2.32. The molecule has 0 saturated heterocycles. The van der Waals surface area contributed by atoms with Crippen LogP contribution in [-0.4, -0.2) is 44.9 Å². The van der Waals surface area contributed by atoms with E-state index in [1.165, 1.54) is 6.33 Å². The van der Waals surface area contributed by atoms with E-state index in [-0.39, 0.29) is 12.6 Å². The molecule has 0 saturated carbocycles. The predicted molar refractivity (Wildman–Crippen MR) is 129 cm³/mol. The van der Waals surface area contributed by atoms with E-state index in [9.17, 15) is 13.6 Å². The first-order valence-electron chi connectivity index (χ1n) is 11.2. The molecule has 8 nitrogen and oxygen atoms in total. The van der Waals surface area contributed by atoms with Crippen molar-refractivity contribution in [3.63, 3.8) is 0 Å². The fourth-order valence-electron chi connectivity index (χ4n) is 3.00. The van der Waals surface area contributed by atoms with Crippen LogP contribution in [0.25, 0.3) is 11.4 Å². The second-order valence-corrected chi connectivity index (χ2v) is 8.31. The lowest BCUT2D eigenvalue weighted by atomic mass is 10.0. The zero-order valence-corrected chi connectivity index (χ0v) is 20.4. The normalized spacial score (nSPS) is 14.9. The molecule has 1 atom stereocenters. The summed E-state index contributed by atoms with van der Waals surface area (Å²) in [4.78, 5) is 28.9. The zero-order valence-electron chi connectivity index (χ0n) is 20.4. The van der Waals surface area contributed by atoms with Gasteiger partial charge in [-0.3, -0.25) is 4.99 Å². The number of hydrogen-bond acceptors (Lipinski definition) is 7. The highest BCUT2D eigenvalue weighted by Gasteiger charge is 2.18. The summed E-state index contributed by atoms with van der Waals surface area (Å²) in [5.74, 6) is 1.27. The Kier molecular flexibility index (Phi) is 9.58. The molecule has 184 valence electrons. The minimum Gasteiger partial charge on any atom is -0.444 e. The third-order valence-corrected chi connectivity index (χ3v) is 4.35. The van der Waals surface area contributed by atoms with E-state index in [0.29, 0.717) is 34.3 Å². The van der Waals surface area contributed by atoms with Crippen LogP contribution in [0.2, 0.25) is 0 Å². The second-order valence-electron chi connectivity index (χ2n) is 8.31. The maximum Gasteiger partial charge on any atom is 0.407 e. The van der Waals surface area contributed by atoms with Crippen LogP contribution < -0.4 is 10.6 Å². The Morgan fingerprint density at radius 2 is 1.91 bits per heavy atom. The van der Waals surface area contributed by atoms with Crippen molar-refractivity contribution in [2.45, 2.75) is 72.6 Å². The van der Waals surface area contributed by atoms with Crippen molar-refractivity contribution in [2.24, 2.45) is 4.99 Å². The number of anilines is 1. The molecule has 0 radical (unpaired) electrons. The van der Waals surface area contributed by atoms with Crippen molar-refractivity contribution >= 4 is 17.9 Å². The largest absolute Gasteiger partial charge is 0.444 e. The summed E-state index contributed by atoms with van der Waals surface area (Å²) in [5.41, 5.74) is 0.860. The molecule has 3 rings (SSSR count). The Balaban J connectivity index is 0.00000199. The summed E-state index contributed by atoms with van der Waals surface area (Å²) in [7, 11) is 0. The Labute approximate surface area is 199 Å². The summed E-state index contributed by atoms with van der Waals surface area (Å²) in [6, 6.07) is 5.08. The number of hydrogen-bond donors (Lipinski definition) is 2. The monoisotopic (exact) mass is 474 g/mol. The topological polar surface area (TPSA) is 101 Å². The van der Waals surface area contributed by atoms with Gasteiger partial charge in [-0.1, -0.05) is 32.1 Å². The summed E-state index contributed by atoms with van der Waals surface area (Å²) < 4.78 is 31.6. The van der Waals surface area contributed by atoms with Crippen LogP contribution in [0.3, 0.4) is 0 Å². The van der Waals surface area contributed by atoms with Crippen LogP contribution in [0.1, 0.15) is 52.7 Å². The smallest absolute Gasteiger partial charge is 0.407 e. The first-order chi connectivity index (χ1) is 16.1. The maximum absolute atomic E-state index is 13.2. The van der Waals surface area contributed by atoms with E-state index in [1.807, 2.05) is 32.9 Å². The lowest BCUT2D eigenvalue weighted by molar-refractivity contribution is 0.0523. The second kappa shape index (κ2) is 12.2. The van der Waals surface area contributed by atoms with Gasteiger partial charge >= 0.3 is 6.09 Å². The van der Waals surface area contributed by atoms with Gasteiger partial charge < -0.3 is 15.4 Å². The Bertz CT molecular complexity index is 1030. The number of aliphatic imine (C=N–C) groups is 1. The van der Waals surface area contributed by atoms with E-state index >= 15 is 0 Å². The van der Waals surface area contributed by atoms with Gasteiger partial charge in [0.2, 0.25) is 12.4 Å². The number of nitrogens with zero attached hydrogens (tertiary/aromatic N) is 4. The molecule has 34 heavy (non-hydrogen) atoms. The molecule has 1 aliphatic heterocycles. The predicted octanol–water partition coefficient (Wildman–Crippen LogP) is 5.17. The summed E-state index contributed by atoms with van der Waals surface area (Å²) in [5, 5.41) is 5.61. The van der Waals surface area contributed by atoms with Gasteiger partial charge in [0.15, 0.2) is 5.82 Å². The minimum absolute atomic E-state index is 0.0611. The summed E-state index contributed by atoms with van der Waals surface area (Å²) in [6.07, 6.45) is 1.49. The molecule has 1 aliphatic rings. The van der Waals surface area contributed by atoms with Crippen LogP contribution in [-0.2, 0) is 17.7 Å². The highest BCUT2D eigenvalue weighted by Crippen LogP contribution is 2.23. The number of amides is 1. The highest BCUT2D eigenvalue weighted by molar-refractivity contribution is 6.04. The maximum atomic E-state index is 13.2. The SMILES string of the molecule is CC.CC1C=CC(Nc2ncnc(-c3ccc(CNC(=O)OC(C)(C)C)c(CC(F)F)c3)n2)=N1. The third kappa shape index (κ3) is 8.49. The van der Waals surface area contributed by atoms with Gasteiger partial charge in [0.05, 0.1) is 6.04 Å². The fourth-order valence-corrected chi connectivity index (χ4v) is 3.00. The van der Waals surface area contributed by atoms with Crippen molar-refractivity contribution in [2.75, 3.05) is 5.32 Å². The van der Waals surface area contributed by atoms with Gasteiger partial charge in [-0.25, -0.2) is 23.5 Å². The number of nitrogens with one attached hydrogen (secondary N) is 2. The summed E-state index contributed by atoms with van der Waals surface area (Å²) in [6.45, 7) is 11.3. The highest BCUT2D eigenvalue weighted by atomic mass is 19.3. The number of ether oxygens (including phenoxy) is 1. The molecule has 0 bridgehead atoms. The van der Waals surface area contributed by atoms with Crippen molar-refractivity contribution < 1.29 is 18.3 Å². The summed E-state index contributed by atoms with van der Waals surface area (Å²) >= 11 is 0. The van der Waals surface area contributed by atoms with Crippen LogP contribution in [0, 0.1) is 0 Å².